The van der Waals surface area contributed by atoms with Crippen molar-refractivity contribution in [3.8, 4) is 0 Å². The second kappa shape index (κ2) is 13.4. The Kier molecular flexibility index (Phi) is 9.52. The number of aliphatic hydroxyl groups is 1. The maximum atomic E-state index is 13.8. The van der Waals surface area contributed by atoms with E-state index in [1.165, 1.54) is 21.3 Å². The fourth-order valence-corrected chi connectivity index (χ4v) is 6.85. The number of carbonyl (C=O) groups is 3. The number of fused-ring (bicyclic) bond motifs is 5. The summed E-state index contributed by atoms with van der Waals surface area (Å²) in [6.45, 7) is 13.7. The van der Waals surface area contributed by atoms with Crippen LogP contribution in [0.25, 0.3) is 12.2 Å². The molecule has 11 nitrogen and oxygen atoms in total. The van der Waals surface area contributed by atoms with Crippen molar-refractivity contribution in [2.75, 3.05) is 21.3 Å². The van der Waals surface area contributed by atoms with Crippen molar-refractivity contribution < 1.29 is 33.7 Å². The number of nitrogens with zero attached hydrogens (tertiary/aromatic N) is 3. The normalized spacial score (nSPS) is 21.2. The SMILES string of the molecule is C=CC1=C(C)C2=NC1=Cc1[nH]c(c(CC)c1C)C=C1N=C(C(C(=O)OC)=C1C)C(C(=O)OC)=C1N=C(/C2=C/O)[C@@H](C)[C@@H]1CCC(=O)OC. The number of methoxy groups -OCH3 is 3. The fourth-order valence-electron chi connectivity index (χ4n) is 6.85. The van der Waals surface area contributed by atoms with E-state index in [1.54, 1.807) is 13.0 Å². The zero-order chi connectivity index (χ0) is 35.0. The number of H-pyrrole nitrogens is 1. The molecule has 0 radical (unpaired) electrons. The number of carbonyl (C=O) groups excluding carboxylic acids is 3. The predicted octanol–water partition coefficient (Wildman–Crippen LogP) is 6.01. The van der Waals surface area contributed by atoms with Crippen molar-refractivity contribution in [1.29, 1.82) is 0 Å². The summed E-state index contributed by atoms with van der Waals surface area (Å²) in [4.78, 5) is 57.9. The van der Waals surface area contributed by atoms with Crippen LogP contribution < -0.4 is 0 Å². The molecule has 1 aromatic heterocycles. The van der Waals surface area contributed by atoms with E-state index in [-0.39, 0.29) is 35.4 Å². The molecule has 4 aliphatic rings. The van der Waals surface area contributed by atoms with Crippen molar-refractivity contribution in [2.24, 2.45) is 26.8 Å². The van der Waals surface area contributed by atoms with E-state index in [4.69, 9.17) is 29.2 Å². The Balaban J connectivity index is 1.94. The summed E-state index contributed by atoms with van der Waals surface area (Å²) < 4.78 is 15.4. The van der Waals surface area contributed by atoms with Crippen LogP contribution in [0.5, 0.6) is 0 Å². The molecular formula is C37H40N4O7. The van der Waals surface area contributed by atoms with Crippen LogP contribution in [0, 0.1) is 18.8 Å². The molecule has 48 heavy (non-hydrogen) atoms. The smallest absolute Gasteiger partial charge is 0.341 e. The van der Waals surface area contributed by atoms with Crippen molar-refractivity contribution in [3.05, 3.63) is 92.0 Å². The van der Waals surface area contributed by atoms with Crippen LogP contribution >= 0.6 is 0 Å². The monoisotopic (exact) mass is 652 g/mol. The quantitative estimate of drug-likeness (QED) is 0.208. The summed E-state index contributed by atoms with van der Waals surface area (Å²) in [5, 5.41) is 10.8. The van der Waals surface area contributed by atoms with Gasteiger partial charge < -0.3 is 24.3 Å². The van der Waals surface area contributed by atoms with E-state index in [0.717, 1.165) is 39.9 Å². The maximum Gasteiger partial charge on any atom is 0.341 e. The highest BCUT2D eigenvalue weighted by Crippen LogP contribution is 2.43. The topological polar surface area (TPSA) is 152 Å². The van der Waals surface area contributed by atoms with Gasteiger partial charge in [0.1, 0.15) is 5.57 Å². The lowest BCUT2D eigenvalue weighted by atomic mass is 9.81. The lowest BCUT2D eigenvalue weighted by Crippen LogP contribution is -2.25. The number of aliphatic imine (C=N–C) groups is 3. The van der Waals surface area contributed by atoms with Gasteiger partial charge in [0.05, 0.1) is 73.0 Å². The number of nitrogens with one attached hydrogen (secondary N) is 1. The summed E-state index contributed by atoms with van der Waals surface area (Å²) >= 11 is 0. The van der Waals surface area contributed by atoms with Crippen molar-refractivity contribution in [2.45, 2.75) is 53.9 Å². The first-order chi connectivity index (χ1) is 22.9. The van der Waals surface area contributed by atoms with Crippen LogP contribution in [-0.2, 0) is 35.0 Å². The van der Waals surface area contributed by atoms with Gasteiger partial charge in [-0.15, -0.1) is 0 Å². The molecule has 0 saturated heterocycles. The van der Waals surface area contributed by atoms with Gasteiger partial charge in [-0.1, -0.05) is 26.5 Å². The summed E-state index contributed by atoms with van der Waals surface area (Å²) in [7, 11) is 3.81. The molecule has 0 saturated carbocycles. The first kappa shape index (κ1) is 34.0. The number of hydrogen-bond donors (Lipinski definition) is 2. The van der Waals surface area contributed by atoms with Crippen LogP contribution in [0.2, 0.25) is 0 Å². The second-order valence-electron chi connectivity index (χ2n) is 11.9. The summed E-state index contributed by atoms with van der Waals surface area (Å²) in [5.41, 5.74) is 8.55. The third-order valence-corrected chi connectivity index (χ3v) is 9.51. The molecule has 5 heterocycles. The first-order valence-electron chi connectivity index (χ1n) is 15.8. The number of aromatic nitrogens is 1. The number of rotatable bonds is 7. The van der Waals surface area contributed by atoms with Gasteiger partial charge in [-0.25, -0.2) is 19.6 Å². The minimum absolute atomic E-state index is 0.0300. The van der Waals surface area contributed by atoms with E-state index >= 15 is 0 Å². The van der Waals surface area contributed by atoms with Crippen molar-refractivity contribution in [3.63, 3.8) is 0 Å². The van der Waals surface area contributed by atoms with Gasteiger partial charge in [-0.2, -0.15) is 0 Å². The molecule has 0 aromatic carbocycles. The van der Waals surface area contributed by atoms with Crippen molar-refractivity contribution >= 4 is 47.2 Å². The van der Waals surface area contributed by atoms with Gasteiger partial charge >= 0.3 is 17.9 Å². The van der Waals surface area contributed by atoms with Gasteiger partial charge in [0.2, 0.25) is 0 Å². The summed E-state index contributed by atoms with van der Waals surface area (Å²) in [6.07, 6.45) is 7.50. The zero-order valence-corrected chi connectivity index (χ0v) is 28.5. The van der Waals surface area contributed by atoms with Crippen LogP contribution in [0.3, 0.4) is 0 Å². The molecule has 4 aliphatic heterocycles. The molecule has 0 spiro atoms. The number of aromatic amines is 1. The number of ether oxygens (including phenoxy) is 3. The van der Waals surface area contributed by atoms with Crippen LogP contribution in [0.15, 0.2) is 84.4 Å². The highest BCUT2D eigenvalue weighted by atomic mass is 16.5. The highest BCUT2D eigenvalue weighted by molar-refractivity contribution is 6.38. The van der Waals surface area contributed by atoms with Gasteiger partial charge in [0.15, 0.2) is 0 Å². The summed E-state index contributed by atoms with van der Waals surface area (Å²) in [5.74, 6) is -2.83. The van der Waals surface area contributed by atoms with Crippen molar-refractivity contribution in [1.82, 2.24) is 4.98 Å². The average molecular weight is 653 g/mol. The van der Waals surface area contributed by atoms with Crippen LogP contribution in [-0.4, -0.2) is 66.5 Å². The largest absolute Gasteiger partial charge is 0.515 e. The Morgan fingerprint density at radius 1 is 0.917 bits per heavy atom. The first-order valence-corrected chi connectivity index (χ1v) is 15.8. The molecular weight excluding hydrogens is 612 g/mol. The third-order valence-electron chi connectivity index (χ3n) is 9.51. The molecule has 1 aromatic rings. The Hall–Kier alpha value is -5.32. The van der Waals surface area contributed by atoms with E-state index in [0.29, 0.717) is 40.4 Å². The minimum atomic E-state index is -0.768. The maximum absolute atomic E-state index is 13.8. The molecule has 5 rings (SSSR count). The van der Waals surface area contributed by atoms with E-state index in [2.05, 4.69) is 18.5 Å². The number of allylic oxidation sites excluding steroid dienone is 5. The van der Waals surface area contributed by atoms with E-state index in [9.17, 15) is 19.5 Å². The van der Waals surface area contributed by atoms with E-state index in [1.807, 2.05) is 32.9 Å². The van der Waals surface area contributed by atoms with Crippen LogP contribution in [0.4, 0.5) is 0 Å². The highest BCUT2D eigenvalue weighted by Gasteiger charge is 2.43. The fraction of sp³-hybridized carbons (Fsp3) is 0.351. The van der Waals surface area contributed by atoms with E-state index < -0.39 is 29.7 Å². The molecule has 250 valence electrons. The second-order valence-corrected chi connectivity index (χ2v) is 11.9. The van der Waals surface area contributed by atoms with Gasteiger partial charge in [-0.05, 0) is 68.0 Å². The molecule has 0 unspecified atom stereocenters. The molecule has 0 amide bonds. The molecule has 8 bridgehead atoms. The lowest BCUT2D eigenvalue weighted by molar-refractivity contribution is -0.141. The molecule has 0 fully saturated rings. The molecule has 11 heteroatoms. The Labute approximate surface area is 279 Å². The number of aliphatic hydroxyl groups excluding tert-OH is 1. The van der Waals surface area contributed by atoms with Crippen LogP contribution in [0.1, 0.15) is 63.1 Å². The Morgan fingerprint density at radius 2 is 1.56 bits per heavy atom. The number of esters is 3. The third kappa shape index (κ3) is 5.52. The standard InChI is InChI=1S/C37H40N4O7/c1-10-21-17(3)25-14-28-22(11-2)18(4)32(40-28)24(16-42)33-19(5)23(12-13-29(43)46-7)34(41-33)31(37(45)48-9)35-30(36(44)47-8)20(6)26(39-35)15-27(21)38-25/h11,14-16,19,23,38,42H,2,10,12-13H2,1,3-9H3/b24-16+,26-15?,28-14?,34-31?/t19-,23-/m0/s1. The lowest BCUT2D eigenvalue weighted by Gasteiger charge is -2.20. The van der Waals surface area contributed by atoms with Gasteiger partial charge in [-0.3, -0.25) is 9.79 Å². The van der Waals surface area contributed by atoms with Gasteiger partial charge in [0, 0.05) is 35.2 Å². The zero-order valence-electron chi connectivity index (χ0n) is 28.5. The molecule has 2 atom stereocenters. The van der Waals surface area contributed by atoms with Gasteiger partial charge in [0.25, 0.3) is 0 Å². The molecule has 2 N–H and O–H groups in total. The molecule has 0 aliphatic carbocycles. The number of hydrogen-bond acceptors (Lipinski definition) is 10. The Morgan fingerprint density at radius 3 is 2.17 bits per heavy atom. The minimum Gasteiger partial charge on any atom is -0.515 e. The average Bonchev–Trinajstić information content (AvgIpc) is 3.77. The predicted molar refractivity (Wildman–Crippen MR) is 184 cm³/mol. The summed E-state index contributed by atoms with van der Waals surface area (Å²) in [6, 6.07) is 0. The Bertz CT molecular complexity index is 1940.